The van der Waals surface area contributed by atoms with Crippen LogP contribution in [0.3, 0.4) is 0 Å². The smallest absolute Gasteiger partial charge is 0.234 e. The van der Waals surface area contributed by atoms with Gasteiger partial charge in [-0.05, 0) is 42.0 Å². The first kappa shape index (κ1) is 18.7. The molecule has 1 aromatic carbocycles. The highest BCUT2D eigenvalue weighted by Crippen LogP contribution is 2.26. The number of benzene rings is 1. The van der Waals surface area contributed by atoms with E-state index in [4.69, 9.17) is 0 Å². The van der Waals surface area contributed by atoms with Gasteiger partial charge in [-0.15, -0.1) is 21.5 Å². The van der Waals surface area contributed by atoms with Crippen molar-refractivity contribution in [3.63, 3.8) is 0 Å². The number of carbonyl (C=O) groups excluding carboxylic acids is 1. The molecule has 0 saturated carbocycles. The van der Waals surface area contributed by atoms with Crippen molar-refractivity contribution >= 4 is 34.7 Å². The number of thioether (sulfide) groups is 1. The third-order valence-electron chi connectivity index (χ3n) is 3.97. The van der Waals surface area contributed by atoms with E-state index >= 15 is 0 Å². The monoisotopic (exact) mass is 386 g/mol. The summed E-state index contributed by atoms with van der Waals surface area (Å²) in [5, 5.41) is 14.1. The number of carbonyl (C=O) groups is 1. The van der Waals surface area contributed by atoms with Crippen LogP contribution < -0.4 is 5.32 Å². The average Bonchev–Trinajstić information content (AvgIpc) is 3.29. The van der Waals surface area contributed by atoms with E-state index < -0.39 is 0 Å². The van der Waals surface area contributed by atoms with E-state index in [2.05, 4.69) is 34.6 Å². The van der Waals surface area contributed by atoms with Gasteiger partial charge in [-0.2, -0.15) is 0 Å². The molecule has 3 rings (SSSR count). The molecular formula is C19H22N4OS2. The minimum absolute atomic E-state index is 0.0445. The van der Waals surface area contributed by atoms with Crippen LogP contribution in [-0.2, 0) is 18.3 Å². The summed E-state index contributed by atoms with van der Waals surface area (Å²) in [5.74, 6) is 1.08. The van der Waals surface area contributed by atoms with Crippen LogP contribution in [0.2, 0.25) is 0 Å². The number of hydrogen-bond acceptors (Lipinski definition) is 5. The van der Waals surface area contributed by atoms with Crippen LogP contribution in [0.1, 0.15) is 25.3 Å². The Labute approximate surface area is 161 Å². The van der Waals surface area contributed by atoms with Crippen LogP contribution in [0.5, 0.6) is 0 Å². The molecule has 1 amide bonds. The highest BCUT2D eigenvalue weighted by atomic mass is 32.2. The third-order valence-corrected chi connectivity index (χ3v) is 5.85. The van der Waals surface area contributed by atoms with Crippen molar-refractivity contribution in [2.24, 2.45) is 7.05 Å². The molecule has 0 saturated heterocycles. The van der Waals surface area contributed by atoms with Crippen LogP contribution in [0.25, 0.3) is 10.7 Å². The molecule has 26 heavy (non-hydrogen) atoms. The summed E-state index contributed by atoms with van der Waals surface area (Å²) in [5.41, 5.74) is 2.13. The molecule has 0 unspecified atom stereocenters. The highest BCUT2D eigenvalue weighted by Gasteiger charge is 2.13. The predicted octanol–water partition coefficient (Wildman–Crippen LogP) is 4.62. The lowest BCUT2D eigenvalue weighted by Crippen LogP contribution is -2.14. The Morgan fingerprint density at radius 1 is 1.23 bits per heavy atom. The van der Waals surface area contributed by atoms with Crippen molar-refractivity contribution in [3.8, 4) is 10.7 Å². The Morgan fingerprint density at radius 2 is 2.04 bits per heavy atom. The van der Waals surface area contributed by atoms with Gasteiger partial charge < -0.3 is 9.88 Å². The quantitative estimate of drug-likeness (QED) is 0.574. The molecule has 0 fully saturated rings. The first-order valence-corrected chi connectivity index (χ1v) is 10.5. The number of nitrogens with one attached hydrogen (secondary N) is 1. The third kappa shape index (κ3) is 4.74. The number of aryl methyl sites for hydroxylation is 1. The van der Waals surface area contributed by atoms with Crippen molar-refractivity contribution in [3.05, 3.63) is 47.3 Å². The Balaban J connectivity index is 1.53. The minimum atomic E-state index is -0.0445. The molecule has 0 aliphatic carbocycles. The van der Waals surface area contributed by atoms with Crippen LogP contribution in [0.4, 0.5) is 5.69 Å². The van der Waals surface area contributed by atoms with Gasteiger partial charge >= 0.3 is 0 Å². The summed E-state index contributed by atoms with van der Waals surface area (Å²) in [4.78, 5) is 13.3. The summed E-state index contributed by atoms with van der Waals surface area (Å²) in [6, 6.07) is 12.1. The fourth-order valence-electron chi connectivity index (χ4n) is 2.52. The van der Waals surface area contributed by atoms with Gasteiger partial charge in [-0.3, -0.25) is 4.79 Å². The second-order valence-electron chi connectivity index (χ2n) is 5.98. The van der Waals surface area contributed by atoms with Crippen LogP contribution >= 0.6 is 23.1 Å². The molecule has 0 radical (unpaired) electrons. The minimum Gasteiger partial charge on any atom is -0.325 e. The number of unbranched alkanes of at least 4 members (excludes halogenated alkanes) is 1. The predicted molar refractivity (Wildman–Crippen MR) is 109 cm³/mol. The van der Waals surface area contributed by atoms with E-state index in [1.54, 1.807) is 11.3 Å². The van der Waals surface area contributed by atoms with Crippen LogP contribution in [0, 0.1) is 0 Å². The van der Waals surface area contributed by atoms with Gasteiger partial charge in [0.25, 0.3) is 0 Å². The topological polar surface area (TPSA) is 59.8 Å². The number of nitrogens with zero attached hydrogens (tertiary/aromatic N) is 3. The fraction of sp³-hybridized carbons (Fsp3) is 0.316. The number of thiophene rings is 1. The van der Waals surface area contributed by atoms with E-state index in [0.29, 0.717) is 5.75 Å². The van der Waals surface area contributed by atoms with E-state index in [1.807, 2.05) is 41.3 Å². The molecule has 5 nitrogen and oxygen atoms in total. The van der Waals surface area contributed by atoms with Crippen molar-refractivity contribution < 1.29 is 4.79 Å². The lowest BCUT2D eigenvalue weighted by molar-refractivity contribution is -0.113. The normalized spacial score (nSPS) is 10.8. The summed E-state index contributed by atoms with van der Waals surface area (Å²) in [6.45, 7) is 2.19. The molecule has 0 atom stereocenters. The van der Waals surface area contributed by atoms with Crippen molar-refractivity contribution in [1.29, 1.82) is 0 Å². The van der Waals surface area contributed by atoms with Crippen molar-refractivity contribution in [2.75, 3.05) is 11.1 Å². The van der Waals surface area contributed by atoms with E-state index in [0.717, 1.165) is 28.0 Å². The molecule has 7 heteroatoms. The molecule has 0 bridgehead atoms. The van der Waals surface area contributed by atoms with Gasteiger partial charge in [-0.25, -0.2) is 0 Å². The van der Waals surface area contributed by atoms with Crippen LogP contribution in [-0.4, -0.2) is 26.4 Å². The SMILES string of the molecule is CCCCc1ccc(NC(=O)CSc2nnc(-c3cccs3)n2C)cc1. The first-order chi connectivity index (χ1) is 12.7. The Kier molecular flexibility index (Phi) is 6.46. The molecule has 0 aliphatic rings. The second kappa shape index (κ2) is 9.00. The Hall–Kier alpha value is -2.12. The number of amides is 1. The van der Waals surface area contributed by atoms with E-state index in [9.17, 15) is 4.79 Å². The Bertz CT molecular complexity index is 841. The zero-order valence-corrected chi connectivity index (χ0v) is 16.6. The lowest BCUT2D eigenvalue weighted by atomic mass is 10.1. The van der Waals surface area contributed by atoms with Crippen molar-refractivity contribution in [2.45, 2.75) is 31.3 Å². The number of rotatable bonds is 8. The molecular weight excluding hydrogens is 364 g/mol. The number of aromatic nitrogens is 3. The van der Waals surface area contributed by atoms with Gasteiger partial charge in [0.1, 0.15) is 0 Å². The van der Waals surface area contributed by atoms with Crippen LogP contribution in [0.15, 0.2) is 46.9 Å². The molecule has 1 N–H and O–H groups in total. The maximum Gasteiger partial charge on any atom is 0.234 e. The van der Waals surface area contributed by atoms with Crippen molar-refractivity contribution in [1.82, 2.24) is 14.8 Å². The summed E-state index contributed by atoms with van der Waals surface area (Å²) < 4.78 is 1.92. The summed E-state index contributed by atoms with van der Waals surface area (Å²) in [7, 11) is 1.92. The summed E-state index contributed by atoms with van der Waals surface area (Å²) >= 11 is 3.01. The first-order valence-electron chi connectivity index (χ1n) is 8.62. The summed E-state index contributed by atoms with van der Waals surface area (Å²) in [6.07, 6.45) is 3.46. The molecule has 0 aliphatic heterocycles. The fourth-order valence-corrected chi connectivity index (χ4v) is 3.98. The van der Waals surface area contributed by atoms with E-state index in [1.165, 1.54) is 30.2 Å². The zero-order valence-electron chi connectivity index (χ0n) is 14.9. The maximum absolute atomic E-state index is 12.2. The maximum atomic E-state index is 12.2. The lowest BCUT2D eigenvalue weighted by Gasteiger charge is -2.06. The zero-order chi connectivity index (χ0) is 18.4. The van der Waals surface area contributed by atoms with Gasteiger partial charge in [0.15, 0.2) is 11.0 Å². The van der Waals surface area contributed by atoms with E-state index in [-0.39, 0.29) is 5.91 Å². The van der Waals surface area contributed by atoms with Gasteiger partial charge in [0.2, 0.25) is 5.91 Å². The largest absolute Gasteiger partial charge is 0.325 e. The molecule has 3 aromatic rings. The second-order valence-corrected chi connectivity index (χ2v) is 7.87. The van der Waals surface area contributed by atoms with Gasteiger partial charge in [0, 0.05) is 12.7 Å². The van der Waals surface area contributed by atoms with Gasteiger partial charge in [0.05, 0.1) is 10.6 Å². The number of anilines is 1. The molecule has 0 spiro atoms. The Morgan fingerprint density at radius 3 is 2.73 bits per heavy atom. The van der Waals surface area contributed by atoms with Gasteiger partial charge in [-0.1, -0.05) is 43.3 Å². The standard InChI is InChI=1S/C19H22N4OS2/c1-3-4-6-14-8-10-15(11-9-14)20-17(24)13-26-19-22-21-18(23(19)2)16-7-5-12-25-16/h5,7-12H,3-4,6,13H2,1-2H3,(H,20,24). The highest BCUT2D eigenvalue weighted by molar-refractivity contribution is 7.99. The average molecular weight is 387 g/mol. The molecule has 2 heterocycles. The number of hydrogen-bond donors (Lipinski definition) is 1. The molecule has 136 valence electrons. The molecule has 2 aromatic heterocycles.